The summed E-state index contributed by atoms with van der Waals surface area (Å²) in [5, 5.41) is 27.3. The van der Waals surface area contributed by atoms with E-state index in [0.717, 1.165) is 59.5 Å². The lowest BCUT2D eigenvalue weighted by Gasteiger charge is -2.58. The van der Waals surface area contributed by atoms with Crippen LogP contribution in [0, 0.1) is 17.8 Å². The van der Waals surface area contributed by atoms with E-state index < -0.39 is 17.5 Å². The minimum absolute atomic E-state index is 0.116. The molecule has 1 aliphatic heterocycles. The summed E-state index contributed by atoms with van der Waals surface area (Å²) in [6, 6.07) is 15.4. The highest BCUT2D eigenvalue weighted by molar-refractivity contribution is 8.00. The number of nitrogens with zero attached hydrogens (tertiary/aromatic N) is 3. The Labute approximate surface area is 341 Å². The molecule has 2 heterocycles. The maximum absolute atomic E-state index is 13.2. The third kappa shape index (κ3) is 10.6. The van der Waals surface area contributed by atoms with Crippen LogP contribution in [0.1, 0.15) is 88.5 Å². The van der Waals surface area contributed by atoms with Crippen LogP contribution < -0.4 is 14.8 Å². The van der Waals surface area contributed by atoms with Crippen LogP contribution in [0.3, 0.4) is 0 Å². The molecule has 1 fully saturated rings. The molecule has 306 valence electrons. The number of ether oxygens (including phenoxy) is 3. The number of carbonyl (C=O) groups is 1. The normalized spacial score (nSPS) is 24.4. The number of oxime groups is 1. The fourth-order valence-corrected chi connectivity index (χ4v) is 9.79. The molecule has 0 radical (unpaired) electrons. The minimum Gasteiger partial charge on any atom is -0.460 e. The highest BCUT2D eigenvalue weighted by Crippen LogP contribution is 2.62. The van der Waals surface area contributed by atoms with E-state index in [1.807, 2.05) is 63.2 Å². The molecule has 6 atom stereocenters. The third-order valence-corrected chi connectivity index (χ3v) is 12.2. The number of rotatable bonds is 19. The van der Waals surface area contributed by atoms with Crippen LogP contribution in [-0.4, -0.2) is 74.2 Å². The van der Waals surface area contributed by atoms with Crippen molar-refractivity contribution in [2.45, 2.75) is 101 Å². The zero-order chi connectivity index (χ0) is 40.3. The lowest BCUT2D eigenvalue weighted by Crippen LogP contribution is -2.64. The van der Waals surface area contributed by atoms with Crippen molar-refractivity contribution in [1.29, 1.82) is 0 Å². The van der Waals surface area contributed by atoms with Crippen LogP contribution in [0.5, 0.6) is 11.5 Å². The van der Waals surface area contributed by atoms with Crippen molar-refractivity contribution in [2.24, 2.45) is 22.9 Å². The first-order valence-corrected chi connectivity index (χ1v) is 21.3. The number of aryl methyl sites for hydroxylation is 1. The Morgan fingerprint density at radius 2 is 1.88 bits per heavy atom. The Morgan fingerprint density at radius 1 is 1.09 bits per heavy atom. The van der Waals surface area contributed by atoms with Crippen molar-refractivity contribution in [3.8, 4) is 11.5 Å². The summed E-state index contributed by atoms with van der Waals surface area (Å²) in [5.74, 6) is 0.568. The molecule has 3 aliphatic rings. The van der Waals surface area contributed by atoms with Gasteiger partial charge in [0.15, 0.2) is 0 Å². The molecular formula is C45H58N4O7S. The Bertz CT molecular complexity index is 1840. The van der Waals surface area contributed by atoms with Crippen LogP contribution in [0.15, 0.2) is 96.6 Å². The standard InChI is InChI=1S/C45H58N4O7S/c1-5-24-53-45-40(57-25-19-33-30-46-20-21-47-33)28-38(49-56-44(2,3)4)36-26-32(15-9-11-22-50)35(16-10-12-23-51)41(42(36)45)37-27-34(17-18-39(37)55-45)54-43(52)48-29-31-13-7-6-8-14-31/h5-8,13-14,17-18,20-21,26-27,30,32,35,40-42,50-51H,1,9-12,15-16,19,22-25,28-29H2,2-4H3,(H,48,52)/t32-,35+,40-,41+,42+,45+/m0/s1. The number of aliphatic hydroxyl groups is 2. The summed E-state index contributed by atoms with van der Waals surface area (Å²) in [7, 11) is 0. The average Bonchev–Trinajstić information content (AvgIpc) is 3.21. The number of nitrogens with one attached hydrogen (secondary N) is 1. The number of hydrogen-bond acceptors (Lipinski definition) is 11. The summed E-state index contributed by atoms with van der Waals surface area (Å²) in [6.45, 7) is 10.9. The second kappa shape index (κ2) is 20.0. The highest BCUT2D eigenvalue weighted by Gasteiger charge is 2.64. The summed E-state index contributed by atoms with van der Waals surface area (Å²) < 4.78 is 20.2. The molecule has 12 heteroatoms. The molecule has 6 rings (SSSR count). The predicted octanol–water partition coefficient (Wildman–Crippen LogP) is 8.17. The maximum Gasteiger partial charge on any atom is 0.412 e. The van der Waals surface area contributed by atoms with Gasteiger partial charge in [-0.25, -0.2) is 4.79 Å². The van der Waals surface area contributed by atoms with Gasteiger partial charge in [-0.15, -0.1) is 6.58 Å². The molecule has 0 bridgehead atoms. The van der Waals surface area contributed by atoms with Gasteiger partial charge in [0.1, 0.15) is 17.1 Å². The van der Waals surface area contributed by atoms with E-state index in [9.17, 15) is 15.0 Å². The first kappa shape index (κ1) is 42.4. The topological polar surface area (TPSA) is 145 Å². The van der Waals surface area contributed by atoms with E-state index in [1.165, 1.54) is 0 Å². The van der Waals surface area contributed by atoms with Crippen molar-refractivity contribution in [1.82, 2.24) is 15.3 Å². The van der Waals surface area contributed by atoms with E-state index in [2.05, 4.69) is 27.9 Å². The predicted molar refractivity (Wildman–Crippen MR) is 223 cm³/mol. The van der Waals surface area contributed by atoms with Crippen molar-refractivity contribution >= 4 is 23.6 Å². The molecule has 1 aromatic heterocycles. The summed E-state index contributed by atoms with van der Waals surface area (Å²) >= 11 is 1.78. The van der Waals surface area contributed by atoms with E-state index in [0.29, 0.717) is 43.7 Å². The molecule has 0 saturated heterocycles. The summed E-state index contributed by atoms with van der Waals surface area (Å²) in [6.07, 6.45) is 14.9. The van der Waals surface area contributed by atoms with Crippen molar-refractivity contribution < 1.29 is 34.1 Å². The summed E-state index contributed by atoms with van der Waals surface area (Å²) in [5.41, 5.74) is 4.23. The number of thioether (sulfide) groups is 1. The van der Waals surface area contributed by atoms with Crippen LogP contribution >= 0.6 is 11.8 Å². The first-order valence-electron chi connectivity index (χ1n) is 20.3. The van der Waals surface area contributed by atoms with Gasteiger partial charge in [0.05, 0.1) is 29.2 Å². The Kier molecular flexibility index (Phi) is 14.8. The molecule has 0 unspecified atom stereocenters. The lowest BCUT2D eigenvalue weighted by molar-refractivity contribution is -0.223. The van der Waals surface area contributed by atoms with Crippen molar-refractivity contribution in [2.75, 3.05) is 25.6 Å². The highest BCUT2D eigenvalue weighted by atomic mass is 32.2. The quantitative estimate of drug-likeness (QED) is 0.0617. The van der Waals surface area contributed by atoms with Gasteiger partial charge >= 0.3 is 6.09 Å². The number of amides is 1. The van der Waals surface area contributed by atoms with Crippen LogP contribution in [-0.2, 0) is 22.5 Å². The van der Waals surface area contributed by atoms with Crippen molar-refractivity contribution in [3.05, 3.63) is 108 Å². The second-order valence-electron chi connectivity index (χ2n) is 16.0. The number of aromatic nitrogens is 2. The van der Waals surface area contributed by atoms with E-state index in [1.54, 1.807) is 42.5 Å². The van der Waals surface area contributed by atoms with Gasteiger partial charge in [-0.2, -0.15) is 11.8 Å². The smallest absolute Gasteiger partial charge is 0.412 e. The van der Waals surface area contributed by atoms with Gasteiger partial charge in [0.25, 0.3) is 0 Å². The van der Waals surface area contributed by atoms with E-state index in [-0.39, 0.29) is 48.7 Å². The largest absolute Gasteiger partial charge is 0.460 e. The molecule has 1 amide bonds. The zero-order valence-electron chi connectivity index (χ0n) is 33.5. The first-order chi connectivity index (χ1) is 27.7. The SMILES string of the molecule is C=CCO[C@@]12Oc3ccc(OC(=O)NCc4ccccc4)cc3[C@H]3[C@H](CCCCO)[C@@H](CCCCO)C=C(C(=NOC(C)(C)C)C[C@@H]1SCCc1cnccn1)[C@H]32. The van der Waals surface area contributed by atoms with Gasteiger partial charge in [-0.1, -0.05) is 60.5 Å². The van der Waals surface area contributed by atoms with Crippen molar-refractivity contribution in [3.63, 3.8) is 0 Å². The monoisotopic (exact) mass is 798 g/mol. The van der Waals surface area contributed by atoms with E-state index in [4.69, 9.17) is 24.2 Å². The molecule has 3 N–H and O–H groups in total. The van der Waals surface area contributed by atoms with E-state index >= 15 is 0 Å². The van der Waals surface area contributed by atoms with Crippen LogP contribution in [0.2, 0.25) is 0 Å². The van der Waals surface area contributed by atoms with Gasteiger partial charge in [0.2, 0.25) is 5.79 Å². The molecule has 1 saturated carbocycles. The average molecular weight is 799 g/mol. The second-order valence-corrected chi connectivity index (χ2v) is 17.3. The number of benzene rings is 2. The molecule has 0 spiro atoms. The molecule has 2 aliphatic carbocycles. The molecule has 2 aromatic carbocycles. The number of fused-ring (bicyclic) bond motifs is 2. The Hall–Kier alpha value is -4.23. The number of aliphatic hydroxyl groups excluding tert-OH is 2. The number of unbranched alkanes of at least 4 members (excludes halogenated alkanes) is 2. The zero-order valence-corrected chi connectivity index (χ0v) is 34.3. The molecule has 11 nitrogen and oxygen atoms in total. The molecule has 3 aromatic rings. The Balaban J connectivity index is 1.46. The van der Waals surface area contributed by atoms with Crippen LogP contribution in [0.25, 0.3) is 0 Å². The van der Waals surface area contributed by atoms with Gasteiger partial charge < -0.3 is 34.6 Å². The molecule has 57 heavy (non-hydrogen) atoms. The maximum atomic E-state index is 13.2. The minimum atomic E-state index is -1.10. The van der Waals surface area contributed by atoms with Crippen LogP contribution in [0.4, 0.5) is 4.79 Å². The fraction of sp³-hybridized carbons (Fsp3) is 0.511. The van der Waals surface area contributed by atoms with Gasteiger partial charge in [-0.05, 0) is 93.4 Å². The number of allylic oxidation sites excluding steroid dienone is 1. The number of hydrogen-bond donors (Lipinski definition) is 3. The third-order valence-electron chi connectivity index (χ3n) is 10.8. The molecular weight excluding hydrogens is 741 g/mol. The van der Waals surface area contributed by atoms with Gasteiger partial charge in [-0.3, -0.25) is 9.97 Å². The Morgan fingerprint density at radius 3 is 2.60 bits per heavy atom. The van der Waals surface area contributed by atoms with Gasteiger partial charge in [0, 0.05) is 62.7 Å². The fourth-order valence-electron chi connectivity index (χ4n) is 8.41. The number of carbonyl (C=O) groups excluding carboxylic acids is 1. The summed E-state index contributed by atoms with van der Waals surface area (Å²) in [4.78, 5) is 28.2. The lowest BCUT2D eigenvalue weighted by atomic mass is 9.56.